The summed E-state index contributed by atoms with van der Waals surface area (Å²) in [4.78, 5) is 7.57. The van der Waals surface area contributed by atoms with E-state index in [-0.39, 0.29) is 0 Å². The quantitative estimate of drug-likeness (QED) is 0.127. The first kappa shape index (κ1) is 33.6. The predicted octanol–water partition coefficient (Wildman–Crippen LogP) is 11.4. The van der Waals surface area contributed by atoms with E-state index in [4.69, 9.17) is 9.72 Å². The van der Waals surface area contributed by atoms with Gasteiger partial charge in [0.05, 0.1) is 12.6 Å². The second-order valence-corrected chi connectivity index (χ2v) is 14.6. The molecule has 0 aliphatic carbocycles. The maximum Gasteiger partial charge on any atom is 0.119 e. The van der Waals surface area contributed by atoms with E-state index < -0.39 is 0 Å². The molecule has 0 N–H and O–H groups in total. The van der Waals surface area contributed by atoms with Gasteiger partial charge in [-0.25, -0.2) is 0 Å². The maximum absolute atomic E-state index is 5.63. The number of piperidine rings is 3. The number of pyridine rings is 1. The molecule has 5 atom stereocenters. The predicted molar refractivity (Wildman–Crippen MR) is 185 cm³/mol. The highest BCUT2D eigenvalue weighted by atomic mass is 32.2. The Morgan fingerprint density at radius 1 is 0.857 bits per heavy atom. The first-order valence-electron chi connectivity index (χ1n) is 18.0. The summed E-state index contributed by atoms with van der Waals surface area (Å²) >= 11 is 2.23. The van der Waals surface area contributed by atoms with E-state index >= 15 is 0 Å². The molecule has 0 amide bonds. The topological polar surface area (TPSA) is 25.4 Å². The molecule has 3 fully saturated rings. The number of hydrogen-bond donors (Lipinski definition) is 0. The monoisotopic (exact) mass is 594 g/mol. The van der Waals surface area contributed by atoms with E-state index in [1.807, 2.05) is 6.20 Å². The molecule has 4 heterocycles. The molecule has 0 radical (unpaired) electrons. The van der Waals surface area contributed by atoms with Crippen molar-refractivity contribution in [1.82, 2.24) is 9.88 Å². The van der Waals surface area contributed by atoms with E-state index in [1.54, 1.807) is 7.11 Å². The molecule has 236 valence electrons. The van der Waals surface area contributed by atoms with Crippen LogP contribution in [0.5, 0.6) is 5.75 Å². The number of aromatic nitrogens is 1. The molecule has 42 heavy (non-hydrogen) atoms. The number of nitrogens with zero attached hydrogens (tertiary/aromatic N) is 2. The minimum atomic E-state index is 0.513. The maximum atomic E-state index is 5.63. The van der Waals surface area contributed by atoms with Crippen LogP contribution in [-0.2, 0) is 0 Å². The number of fused-ring (bicyclic) bond motifs is 4. The van der Waals surface area contributed by atoms with Gasteiger partial charge in [-0.1, -0.05) is 117 Å². The van der Waals surface area contributed by atoms with Crippen LogP contribution in [-0.4, -0.2) is 41.9 Å². The van der Waals surface area contributed by atoms with Gasteiger partial charge in [-0.15, -0.1) is 0 Å². The molecule has 3 aliphatic heterocycles. The standard InChI is InChI=1S/C38H62N2OS/c1-4-6-7-8-9-10-11-12-13-14-15-16-17-18-19-20-27-42-38(37-28-32-24-26-40(37)30-31(32)5-2)34-23-25-39-36-22-21-33(41-3)29-35(34)36/h21-23,25,29,31-32,37-38H,4-20,24,26-28,30H2,1-3H3/t31-,32-,37-,38+/m0/s1. The van der Waals surface area contributed by atoms with Crippen LogP contribution in [0, 0.1) is 11.8 Å². The van der Waals surface area contributed by atoms with Gasteiger partial charge in [0.25, 0.3) is 0 Å². The van der Waals surface area contributed by atoms with E-state index in [0.717, 1.165) is 23.1 Å². The van der Waals surface area contributed by atoms with Crippen LogP contribution in [0.4, 0.5) is 0 Å². The molecule has 0 spiro atoms. The van der Waals surface area contributed by atoms with Crippen LogP contribution in [0.2, 0.25) is 0 Å². The van der Waals surface area contributed by atoms with Gasteiger partial charge in [0, 0.05) is 29.4 Å². The molecular formula is C38H62N2OS. The third-order valence-corrected chi connectivity index (χ3v) is 11.8. The lowest BCUT2D eigenvalue weighted by Crippen LogP contribution is -2.54. The van der Waals surface area contributed by atoms with E-state index in [1.165, 1.54) is 152 Å². The highest BCUT2D eigenvalue weighted by molar-refractivity contribution is 7.99. The molecule has 3 nitrogen and oxygen atoms in total. The van der Waals surface area contributed by atoms with Crippen LogP contribution in [0.15, 0.2) is 30.5 Å². The minimum Gasteiger partial charge on any atom is -0.497 e. The number of methoxy groups -OCH3 is 1. The molecular weight excluding hydrogens is 532 g/mol. The average molecular weight is 595 g/mol. The Labute approximate surface area is 263 Å². The Balaban J connectivity index is 1.19. The molecule has 1 aromatic heterocycles. The van der Waals surface area contributed by atoms with Gasteiger partial charge < -0.3 is 4.74 Å². The minimum absolute atomic E-state index is 0.513. The summed E-state index contributed by atoms with van der Waals surface area (Å²) in [7, 11) is 1.78. The van der Waals surface area contributed by atoms with Gasteiger partial charge in [-0.2, -0.15) is 11.8 Å². The fourth-order valence-electron chi connectivity index (χ4n) is 7.75. The van der Waals surface area contributed by atoms with E-state index in [9.17, 15) is 0 Å². The fourth-order valence-corrected chi connectivity index (χ4v) is 9.26. The molecule has 3 saturated heterocycles. The summed E-state index contributed by atoms with van der Waals surface area (Å²) in [6, 6.07) is 9.37. The van der Waals surface area contributed by atoms with Crippen LogP contribution in [0.3, 0.4) is 0 Å². The first-order valence-corrected chi connectivity index (χ1v) is 19.1. The van der Waals surface area contributed by atoms with Gasteiger partial charge in [0.15, 0.2) is 0 Å². The van der Waals surface area contributed by atoms with Gasteiger partial charge >= 0.3 is 0 Å². The van der Waals surface area contributed by atoms with Crippen molar-refractivity contribution in [2.75, 3.05) is 26.0 Å². The summed E-state index contributed by atoms with van der Waals surface area (Å²) < 4.78 is 5.63. The van der Waals surface area contributed by atoms with Crippen molar-refractivity contribution in [2.24, 2.45) is 11.8 Å². The second-order valence-electron chi connectivity index (χ2n) is 13.4. The van der Waals surface area contributed by atoms with Gasteiger partial charge in [0.1, 0.15) is 5.75 Å². The van der Waals surface area contributed by atoms with Crippen molar-refractivity contribution in [1.29, 1.82) is 0 Å². The molecule has 1 aromatic carbocycles. The van der Waals surface area contributed by atoms with Crippen molar-refractivity contribution >= 4 is 22.7 Å². The SMILES string of the molecule is CCCCCCCCCCCCCCCCCCS[C@H](c1ccnc2ccc(OC)cc12)[C@@H]1C[C@@H]2CCN1C[C@@H]2CC. The van der Waals surface area contributed by atoms with Gasteiger partial charge in [-0.3, -0.25) is 9.88 Å². The lowest BCUT2D eigenvalue weighted by Gasteiger charge is -2.52. The third-order valence-electron chi connectivity index (χ3n) is 10.4. The van der Waals surface area contributed by atoms with Crippen molar-refractivity contribution in [2.45, 2.75) is 147 Å². The van der Waals surface area contributed by atoms with Crippen molar-refractivity contribution in [3.63, 3.8) is 0 Å². The second kappa shape index (κ2) is 19.2. The Morgan fingerprint density at radius 3 is 2.07 bits per heavy atom. The molecule has 5 rings (SSSR count). The third kappa shape index (κ3) is 10.1. The summed E-state index contributed by atoms with van der Waals surface area (Å²) in [5, 5.41) is 1.80. The molecule has 2 aromatic rings. The number of benzene rings is 1. The van der Waals surface area contributed by atoms with Crippen LogP contribution >= 0.6 is 11.8 Å². The number of thioether (sulfide) groups is 1. The average Bonchev–Trinajstić information content (AvgIpc) is 3.04. The molecule has 1 unspecified atom stereocenters. The Bertz CT molecular complexity index is 1010. The number of hydrogen-bond acceptors (Lipinski definition) is 4. The Hall–Kier alpha value is -1.26. The highest BCUT2D eigenvalue weighted by Gasteiger charge is 2.43. The van der Waals surface area contributed by atoms with Gasteiger partial charge in [0.2, 0.25) is 0 Å². The number of unbranched alkanes of at least 4 members (excludes halogenated alkanes) is 15. The molecule has 4 heteroatoms. The van der Waals surface area contributed by atoms with Crippen LogP contribution < -0.4 is 4.74 Å². The van der Waals surface area contributed by atoms with Crippen molar-refractivity contribution < 1.29 is 4.74 Å². The lowest BCUT2D eigenvalue weighted by molar-refractivity contribution is -0.000886. The fraction of sp³-hybridized carbons (Fsp3) is 0.763. The Kier molecular flexibility index (Phi) is 15.4. The Morgan fingerprint density at radius 2 is 1.50 bits per heavy atom. The van der Waals surface area contributed by atoms with E-state index in [0.29, 0.717) is 11.3 Å². The van der Waals surface area contributed by atoms with Crippen molar-refractivity contribution in [3.8, 4) is 5.75 Å². The zero-order valence-corrected chi connectivity index (χ0v) is 28.3. The normalized spacial score (nSPS) is 22.5. The van der Waals surface area contributed by atoms with E-state index in [2.05, 4.69) is 54.8 Å². The van der Waals surface area contributed by atoms with Crippen molar-refractivity contribution in [3.05, 3.63) is 36.0 Å². The largest absolute Gasteiger partial charge is 0.497 e. The number of ether oxygens (including phenoxy) is 1. The molecule has 0 saturated carbocycles. The zero-order chi connectivity index (χ0) is 29.4. The van der Waals surface area contributed by atoms with Crippen LogP contribution in [0.1, 0.15) is 147 Å². The summed E-state index contributed by atoms with van der Waals surface area (Å²) in [6.07, 6.45) is 29.1. The summed E-state index contributed by atoms with van der Waals surface area (Å²) in [6.45, 7) is 7.29. The lowest BCUT2D eigenvalue weighted by atomic mass is 9.73. The van der Waals surface area contributed by atoms with Crippen LogP contribution in [0.25, 0.3) is 10.9 Å². The number of rotatable bonds is 22. The molecule has 2 bridgehead atoms. The van der Waals surface area contributed by atoms with Gasteiger partial charge in [-0.05, 0) is 73.2 Å². The summed E-state index contributed by atoms with van der Waals surface area (Å²) in [5.74, 6) is 4.01. The zero-order valence-electron chi connectivity index (χ0n) is 27.5. The first-order chi connectivity index (χ1) is 20.7. The highest BCUT2D eigenvalue weighted by Crippen LogP contribution is 2.48. The smallest absolute Gasteiger partial charge is 0.119 e. The summed E-state index contributed by atoms with van der Waals surface area (Å²) in [5.41, 5.74) is 2.58. The molecule has 3 aliphatic rings.